The van der Waals surface area contributed by atoms with Gasteiger partial charge in [-0.1, -0.05) is 6.42 Å². The van der Waals surface area contributed by atoms with Crippen molar-refractivity contribution in [1.29, 1.82) is 0 Å². The molecule has 1 amide bonds. The van der Waals surface area contributed by atoms with Crippen molar-refractivity contribution in [2.45, 2.75) is 33.1 Å². The molecule has 0 bridgehead atoms. The molecule has 16 heavy (non-hydrogen) atoms. The number of nitrogens with one attached hydrogen (secondary N) is 1. The summed E-state index contributed by atoms with van der Waals surface area (Å²) >= 11 is 5.55. The van der Waals surface area contributed by atoms with Gasteiger partial charge in [0.15, 0.2) is 5.89 Å². The molecule has 1 aromatic rings. The zero-order valence-corrected chi connectivity index (χ0v) is 10.4. The summed E-state index contributed by atoms with van der Waals surface area (Å²) in [6, 6.07) is 0. The monoisotopic (exact) mass is 244 g/mol. The van der Waals surface area contributed by atoms with Crippen LogP contribution >= 0.6 is 11.6 Å². The standard InChI is InChI=1S/C11H17ClN2O2/c1-8-10(16-9(2)14-8)11(15)13-7-5-3-4-6-12/h3-7H2,1-2H3,(H,13,15). The van der Waals surface area contributed by atoms with Crippen molar-refractivity contribution in [3.8, 4) is 0 Å². The van der Waals surface area contributed by atoms with Gasteiger partial charge in [-0.2, -0.15) is 0 Å². The van der Waals surface area contributed by atoms with Crippen LogP contribution in [0.5, 0.6) is 0 Å². The lowest BCUT2D eigenvalue weighted by Gasteiger charge is -2.02. The van der Waals surface area contributed by atoms with Crippen molar-refractivity contribution in [3.05, 3.63) is 17.3 Å². The summed E-state index contributed by atoms with van der Waals surface area (Å²) < 4.78 is 5.21. The van der Waals surface area contributed by atoms with E-state index in [2.05, 4.69) is 10.3 Å². The van der Waals surface area contributed by atoms with Crippen molar-refractivity contribution >= 4 is 17.5 Å². The molecule has 0 fully saturated rings. The van der Waals surface area contributed by atoms with Gasteiger partial charge in [-0.3, -0.25) is 4.79 Å². The number of carbonyl (C=O) groups excluding carboxylic acids is 1. The zero-order chi connectivity index (χ0) is 12.0. The van der Waals surface area contributed by atoms with E-state index in [1.807, 2.05) is 0 Å². The Kier molecular flexibility index (Phi) is 5.32. The number of rotatable bonds is 6. The number of unbranched alkanes of at least 4 members (excludes halogenated alkanes) is 2. The van der Waals surface area contributed by atoms with Gasteiger partial charge in [0.05, 0.1) is 5.69 Å². The molecule has 0 atom stereocenters. The number of oxazole rings is 1. The molecule has 5 heteroatoms. The first-order valence-electron chi connectivity index (χ1n) is 5.43. The van der Waals surface area contributed by atoms with Crippen LogP contribution in [0.25, 0.3) is 0 Å². The Labute approximate surface area is 100 Å². The fourth-order valence-electron chi connectivity index (χ4n) is 1.42. The number of nitrogens with zero attached hydrogens (tertiary/aromatic N) is 1. The lowest BCUT2D eigenvalue weighted by Crippen LogP contribution is -2.24. The summed E-state index contributed by atoms with van der Waals surface area (Å²) in [6.07, 6.45) is 2.95. The van der Waals surface area contributed by atoms with E-state index in [1.165, 1.54) is 0 Å². The molecule has 1 rings (SSSR count). The number of hydrogen-bond donors (Lipinski definition) is 1. The molecule has 0 saturated carbocycles. The van der Waals surface area contributed by atoms with E-state index in [0.29, 0.717) is 29.8 Å². The number of aromatic nitrogens is 1. The summed E-state index contributed by atoms with van der Waals surface area (Å²) in [4.78, 5) is 15.7. The molecule has 0 spiro atoms. The quantitative estimate of drug-likeness (QED) is 0.618. The van der Waals surface area contributed by atoms with Crippen molar-refractivity contribution in [2.75, 3.05) is 12.4 Å². The highest BCUT2D eigenvalue weighted by Crippen LogP contribution is 2.08. The summed E-state index contributed by atoms with van der Waals surface area (Å²) in [7, 11) is 0. The van der Waals surface area contributed by atoms with Gasteiger partial charge in [-0.15, -0.1) is 11.6 Å². The van der Waals surface area contributed by atoms with Gasteiger partial charge in [0.25, 0.3) is 5.91 Å². The normalized spacial score (nSPS) is 10.4. The summed E-state index contributed by atoms with van der Waals surface area (Å²) in [5.41, 5.74) is 0.635. The first-order chi connectivity index (χ1) is 7.65. The van der Waals surface area contributed by atoms with E-state index >= 15 is 0 Å². The van der Waals surface area contributed by atoms with Crippen LogP contribution in [0.1, 0.15) is 41.4 Å². The van der Waals surface area contributed by atoms with Crippen LogP contribution < -0.4 is 5.32 Å². The van der Waals surface area contributed by atoms with E-state index in [-0.39, 0.29) is 5.91 Å². The second-order valence-corrected chi connectivity index (χ2v) is 4.03. The zero-order valence-electron chi connectivity index (χ0n) is 9.68. The number of halogens is 1. The van der Waals surface area contributed by atoms with Crippen molar-refractivity contribution in [1.82, 2.24) is 10.3 Å². The average Bonchev–Trinajstić information content (AvgIpc) is 2.57. The highest BCUT2D eigenvalue weighted by molar-refractivity contribution is 6.17. The molecule has 1 N–H and O–H groups in total. The van der Waals surface area contributed by atoms with E-state index in [9.17, 15) is 4.79 Å². The maximum atomic E-state index is 11.6. The molecule has 1 heterocycles. The number of hydrogen-bond acceptors (Lipinski definition) is 3. The highest BCUT2D eigenvalue weighted by Gasteiger charge is 2.14. The summed E-state index contributed by atoms with van der Waals surface area (Å²) in [6.45, 7) is 4.14. The molecule has 0 saturated heterocycles. The van der Waals surface area contributed by atoms with Gasteiger partial charge in [-0.25, -0.2) is 4.98 Å². The van der Waals surface area contributed by atoms with Crippen LogP contribution in [0, 0.1) is 13.8 Å². The topological polar surface area (TPSA) is 55.1 Å². The third-order valence-electron chi connectivity index (χ3n) is 2.21. The largest absolute Gasteiger partial charge is 0.436 e. The molecule has 0 aliphatic heterocycles. The minimum Gasteiger partial charge on any atom is -0.436 e. The molecule has 4 nitrogen and oxygen atoms in total. The molecular formula is C11H17ClN2O2. The predicted octanol–water partition coefficient (Wildman–Crippen LogP) is 2.43. The van der Waals surface area contributed by atoms with Crippen LogP contribution in [-0.2, 0) is 0 Å². The highest BCUT2D eigenvalue weighted by atomic mass is 35.5. The van der Waals surface area contributed by atoms with Crippen LogP contribution in [0.4, 0.5) is 0 Å². The van der Waals surface area contributed by atoms with Gasteiger partial charge >= 0.3 is 0 Å². The second-order valence-electron chi connectivity index (χ2n) is 3.65. The lowest BCUT2D eigenvalue weighted by molar-refractivity contribution is 0.0923. The van der Waals surface area contributed by atoms with E-state index in [4.69, 9.17) is 16.0 Å². The molecule has 0 aliphatic rings. The number of alkyl halides is 1. The fraction of sp³-hybridized carbons (Fsp3) is 0.636. The van der Waals surface area contributed by atoms with Crippen LogP contribution in [0.2, 0.25) is 0 Å². The van der Waals surface area contributed by atoms with Gasteiger partial charge in [0.1, 0.15) is 0 Å². The SMILES string of the molecule is Cc1nc(C)c(C(=O)NCCCCCCl)o1. The minimum absolute atomic E-state index is 0.191. The Balaban J connectivity index is 2.33. The molecular weight excluding hydrogens is 228 g/mol. The third kappa shape index (κ3) is 3.85. The van der Waals surface area contributed by atoms with Crippen LogP contribution in [0.15, 0.2) is 4.42 Å². The Morgan fingerprint density at radius 3 is 2.69 bits per heavy atom. The van der Waals surface area contributed by atoms with E-state index in [1.54, 1.807) is 13.8 Å². The third-order valence-corrected chi connectivity index (χ3v) is 2.47. The summed E-state index contributed by atoms with van der Waals surface area (Å²) in [5.74, 6) is 1.32. The van der Waals surface area contributed by atoms with Gasteiger partial charge in [0, 0.05) is 19.3 Å². The first kappa shape index (κ1) is 13.0. The van der Waals surface area contributed by atoms with E-state index < -0.39 is 0 Å². The number of carbonyl (C=O) groups is 1. The Morgan fingerprint density at radius 1 is 1.38 bits per heavy atom. The second kappa shape index (κ2) is 6.53. The van der Waals surface area contributed by atoms with Crippen LogP contribution in [0.3, 0.4) is 0 Å². The summed E-state index contributed by atoms with van der Waals surface area (Å²) in [5, 5.41) is 2.80. The molecule has 0 aliphatic carbocycles. The van der Waals surface area contributed by atoms with Crippen molar-refractivity contribution in [2.24, 2.45) is 0 Å². The Morgan fingerprint density at radius 2 is 2.12 bits per heavy atom. The van der Waals surface area contributed by atoms with Gasteiger partial charge in [0.2, 0.25) is 5.76 Å². The van der Waals surface area contributed by atoms with Crippen molar-refractivity contribution in [3.63, 3.8) is 0 Å². The predicted molar refractivity (Wildman–Crippen MR) is 62.9 cm³/mol. The fourth-order valence-corrected chi connectivity index (χ4v) is 1.61. The maximum Gasteiger partial charge on any atom is 0.289 e. The molecule has 1 aromatic heterocycles. The average molecular weight is 245 g/mol. The number of amides is 1. The smallest absolute Gasteiger partial charge is 0.289 e. The molecule has 0 radical (unpaired) electrons. The Hall–Kier alpha value is -1.03. The van der Waals surface area contributed by atoms with Gasteiger partial charge < -0.3 is 9.73 Å². The Bertz CT molecular complexity index is 350. The number of aryl methyl sites for hydroxylation is 2. The molecule has 90 valence electrons. The van der Waals surface area contributed by atoms with Crippen LogP contribution in [-0.4, -0.2) is 23.3 Å². The van der Waals surface area contributed by atoms with E-state index in [0.717, 1.165) is 19.3 Å². The first-order valence-corrected chi connectivity index (χ1v) is 5.96. The molecule has 0 unspecified atom stereocenters. The minimum atomic E-state index is -0.191. The van der Waals surface area contributed by atoms with Gasteiger partial charge in [-0.05, 0) is 19.8 Å². The lowest BCUT2D eigenvalue weighted by atomic mass is 10.2. The molecule has 0 aromatic carbocycles. The maximum absolute atomic E-state index is 11.6. The van der Waals surface area contributed by atoms with Crippen molar-refractivity contribution < 1.29 is 9.21 Å².